The lowest BCUT2D eigenvalue weighted by Crippen LogP contribution is -2.21. The van der Waals surface area contributed by atoms with Crippen LogP contribution in [0.2, 0.25) is 0 Å². The molecule has 0 radical (unpaired) electrons. The van der Waals surface area contributed by atoms with E-state index in [1.165, 1.54) is 12.1 Å². The lowest BCUT2D eigenvalue weighted by Gasteiger charge is -2.00. The molecule has 0 aliphatic rings. The number of carbonyl (C=O) groups is 1. The number of hydrogen-bond acceptors (Lipinski definition) is 4. The Morgan fingerprint density at radius 3 is 2.47 bits per heavy atom. The maximum absolute atomic E-state index is 10.4. The second-order valence-electron chi connectivity index (χ2n) is 2.82. The first-order chi connectivity index (χ1) is 7.25. The fourth-order valence-electron chi connectivity index (χ4n) is 1.09. The predicted molar refractivity (Wildman–Crippen MR) is 49.6 cm³/mol. The number of furan rings is 1. The van der Waals surface area contributed by atoms with Crippen molar-refractivity contribution in [3.63, 3.8) is 0 Å². The molecule has 4 heteroatoms. The molecular formula is C11H7O4-. The van der Waals surface area contributed by atoms with Gasteiger partial charge in [-0.3, -0.25) is 0 Å². The van der Waals surface area contributed by atoms with E-state index in [-0.39, 0.29) is 11.7 Å². The average molecular weight is 203 g/mol. The standard InChI is InChI=1S/C11H8O4/c12-11(13)9-6-7-10(15-9)14-8-4-2-1-3-5-8/h1-7H,(H,12,13)/p-1. The lowest BCUT2D eigenvalue weighted by atomic mass is 10.3. The minimum Gasteiger partial charge on any atom is -0.542 e. The van der Waals surface area contributed by atoms with Crippen molar-refractivity contribution in [1.82, 2.24) is 0 Å². The molecule has 0 N–H and O–H groups in total. The van der Waals surface area contributed by atoms with Crippen LogP contribution in [-0.2, 0) is 0 Å². The molecule has 0 atom stereocenters. The number of benzene rings is 1. The quantitative estimate of drug-likeness (QED) is 0.757. The summed E-state index contributed by atoms with van der Waals surface area (Å²) in [6, 6.07) is 11.6. The number of carboxylic acids is 1. The number of para-hydroxylation sites is 1. The van der Waals surface area contributed by atoms with Crippen LogP contribution in [0, 0.1) is 0 Å². The van der Waals surface area contributed by atoms with Crippen molar-refractivity contribution in [2.45, 2.75) is 0 Å². The van der Waals surface area contributed by atoms with Crippen molar-refractivity contribution in [2.75, 3.05) is 0 Å². The zero-order chi connectivity index (χ0) is 10.7. The highest BCUT2D eigenvalue weighted by atomic mass is 16.6. The SMILES string of the molecule is O=C([O-])c1ccc(Oc2ccccc2)o1. The molecule has 2 rings (SSSR count). The first-order valence-electron chi connectivity index (χ1n) is 4.30. The Morgan fingerprint density at radius 1 is 1.13 bits per heavy atom. The topological polar surface area (TPSA) is 62.5 Å². The van der Waals surface area contributed by atoms with Gasteiger partial charge in [0.1, 0.15) is 11.7 Å². The Balaban J connectivity index is 2.15. The van der Waals surface area contributed by atoms with Gasteiger partial charge in [-0.2, -0.15) is 0 Å². The van der Waals surface area contributed by atoms with Crippen molar-refractivity contribution in [3.8, 4) is 11.7 Å². The van der Waals surface area contributed by atoms with Crippen LogP contribution >= 0.6 is 0 Å². The van der Waals surface area contributed by atoms with E-state index in [0.29, 0.717) is 5.75 Å². The Hall–Kier alpha value is -2.23. The molecule has 1 heterocycles. The van der Waals surface area contributed by atoms with Crippen LogP contribution in [-0.4, -0.2) is 5.97 Å². The third-order valence-electron chi connectivity index (χ3n) is 1.74. The number of carboxylic acid groups (broad SMARTS) is 1. The van der Waals surface area contributed by atoms with E-state index in [4.69, 9.17) is 9.15 Å². The molecule has 2 aromatic rings. The van der Waals surface area contributed by atoms with E-state index in [0.717, 1.165) is 0 Å². The molecule has 0 amide bonds. The van der Waals surface area contributed by atoms with Crippen LogP contribution in [0.1, 0.15) is 10.6 Å². The summed E-state index contributed by atoms with van der Waals surface area (Å²) < 4.78 is 10.1. The van der Waals surface area contributed by atoms with Crippen LogP contribution < -0.4 is 9.84 Å². The zero-order valence-electron chi connectivity index (χ0n) is 7.67. The molecule has 1 aromatic heterocycles. The van der Waals surface area contributed by atoms with Crippen molar-refractivity contribution < 1.29 is 19.1 Å². The zero-order valence-corrected chi connectivity index (χ0v) is 7.67. The summed E-state index contributed by atoms with van der Waals surface area (Å²) in [5, 5.41) is 10.4. The summed E-state index contributed by atoms with van der Waals surface area (Å²) in [7, 11) is 0. The van der Waals surface area contributed by atoms with Gasteiger partial charge in [-0.1, -0.05) is 18.2 Å². The summed E-state index contributed by atoms with van der Waals surface area (Å²) in [5.74, 6) is -0.906. The van der Waals surface area contributed by atoms with E-state index < -0.39 is 5.97 Å². The molecule has 0 bridgehead atoms. The fourth-order valence-corrected chi connectivity index (χ4v) is 1.09. The van der Waals surface area contributed by atoms with E-state index in [1.54, 1.807) is 24.3 Å². The molecule has 0 aliphatic heterocycles. The minimum absolute atomic E-state index is 0.125. The van der Waals surface area contributed by atoms with Crippen molar-refractivity contribution >= 4 is 5.97 Å². The molecule has 76 valence electrons. The molecule has 0 saturated carbocycles. The van der Waals surface area contributed by atoms with Gasteiger partial charge in [0.05, 0.1) is 0 Å². The maximum Gasteiger partial charge on any atom is 0.290 e. The van der Waals surface area contributed by atoms with Crippen LogP contribution in [0.15, 0.2) is 46.9 Å². The van der Waals surface area contributed by atoms with Gasteiger partial charge in [0.2, 0.25) is 0 Å². The van der Waals surface area contributed by atoms with Gasteiger partial charge in [0.25, 0.3) is 5.95 Å². The molecule has 0 unspecified atom stereocenters. The number of aromatic carboxylic acids is 1. The Kier molecular flexibility index (Phi) is 2.41. The molecule has 1 aromatic carbocycles. The summed E-state index contributed by atoms with van der Waals surface area (Å²) in [4.78, 5) is 10.4. The molecule has 15 heavy (non-hydrogen) atoms. The fraction of sp³-hybridized carbons (Fsp3) is 0. The first kappa shape index (κ1) is 9.33. The van der Waals surface area contributed by atoms with Crippen LogP contribution in [0.3, 0.4) is 0 Å². The van der Waals surface area contributed by atoms with Gasteiger partial charge < -0.3 is 19.1 Å². The lowest BCUT2D eigenvalue weighted by molar-refractivity contribution is -0.257. The Labute approximate surface area is 85.7 Å². The molecule has 0 spiro atoms. The predicted octanol–water partition coefficient (Wildman–Crippen LogP) is 1.44. The smallest absolute Gasteiger partial charge is 0.290 e. The van der Waals surface area contributed by atoms with Crippen molar-refractivity contribution in [2.24, 2.45) is 0 Å². The van der Waals surface area contributed by atoms with Crippen LogP contribution in [0.4, 0.5) is 0 Å². The molecule has 0 saturated heterocycles. The van der Waals surface area contributed by atoms with E-state index >= 15 is 0 Å². The third kappa shape index (κ3) is 2.17. The van der Waals surface area contributed by atoms with E-state index in [1.807, 2.05) is 6.07 Å². The van der Waals surface area contributed by atoms with E-state index in [9.17, 15) is 9.90 Å². The normalized spacial score (nSPS) is 9.87. The van der Waals surface area contributed by atoms with Crippen molar-refractivity contribution in [3.05, 3.63) is 48.2 Å². The molecule has 0 aliphatic carbocycles. The second kappa shape index (κ2) is 3.88. The van der Waals surface area contributed by atoms with E-state index in [2.05, 4.69) is 0 Å². The number of rotatable bonds is 3. The molecular weight excluding hydrogens is 196 g/mol. The van der Waals surface area contributed by atoms with Gasteiger partial charge >= 0.3 is 0 Å². The van der Waals surface area contributed by atoms with Crippen LogP contribution in [0.25, 0.3) is 0 Å². The highest BCUT2D eigenvalue weighted by molar-refractivity contribution is 5.82. The molecule has 0 fully saturated rings. The maximum atomic E-state index is 10.4. The van der Waals surface area contributed by atoms with Crippen molar-refractivity contribution in [1.29, 1.82) is 0 Å². The number of carbonyl (C=O) groups excluding carboxylic acids is 1. The van der Waals surface area contributed by atoms with Gasteiger partial charge in [-0.25, -0.2) is 0 Å². The second-order valence-corrected chi connectivity index (χ2v) is 2.82. The monoisotopic (exact) mass is 203 g/mol. The average Bonchev–Trinajstić information content (AvgIpc) is 2.68. The highest BCUT2D eigenvalue weighted by Crippen LogP contribution is 2.22. The third-order valence-corrected chi connectivity index (χ3v) is 1.74. The minimum atomic E-state index is -1.36. The number of hydrogen-bond donors (Lipinski definition) is 0. The summed E-state index contributed by atoms with van der Waals surface area (Å²) >= 11 is 0. The highest BCUT2D eigenvalue weighted by Gasteiger charge is 2.04. The van der Waals surface area contributed by atoms with Gasteiger partial charge in [-0.05, 0) is 18.2 Å². The van der Waals surface area contributed by atoms with Crippen LogP contribution in [0.5, 0.6) is 11.7 Å². The first-order valence-corrected chi connectivity index (χ1v) is 4.30. The Morgan fingerprint density at radius 2 is 1.87 bits per heavy atom. The summed E-state index contributed by atoms with van der Waals surface area (Å²) in [6.45, 7) is 0. The Bertz CT molecular complexity index is 458. The summed E-state index contributed by atoms with van der Waals surface area (Å²) in [6.07, 6.45) is 0. The number of ether oxygens (including phenoxy) is 1. The van der Waals surface area contributed by atoms with Gasteiger partial charge in [0.15, 0.2) is 5.76 Å². The largest absolute Gasteiger partial charge is 0.542 e. The van der Waals surface area contributed by atoms with Gasteiger partial charge in [0, 0.05) is 6.07 Å². The van der Waals surface area contributed by atoms with Gasteiger partial charge in [-0.15, -0.1) is 0 Å². The molecule has 4 nitrogen and oxygen atoms in total. The summed E-state index contributed by atoms with van der Waals surface area (Å²) in [5.41, 5.74) is 0.